The average Bonchev–Trinajstić information content (AvgIpc) is 2.38. The number of nitrogens with zero attached hydrogens (tertiary/aromatic N) is 1. The molecular formula is C10H18N2O6S. The third-order valence-corrected chi connectivity index (χ3v) is 5.04. The van der Waals surface area contributed by atoms with Crippen molar-refractivity contribution >= 4 is 21.9 Å². The molecule has 2 atom stereocenters. The van der Waals surface area contributed by atoms with Crippen molar-refractivity contribution in [3.8, 4) is 0 Å². The van der Waals surface area contributed by atoms with Crippen molar-refractivity contribution in [3.05, 3.63) is 0 Å². The Morgan fingerprint density at radius 1 is 1.53 bits per heavy atom. The molecule has 1 aliphatic rings. The fourth-order valence-electron chi connectivity index (χ4n) is 1.72. The van der Waals surface area contributed by atoms with Crippen molar-refractivity contribution in [2.75, 3.05) is 26.3 Å². The highest BCUT2D eigenvalue weighted by atomic mass is 32.2. The Kier molecular flexibility index (Phi) is 5.27. The zero-order valence-corrected chi connectivity index (χ0v) is 11.6. The average molecular weight is 294 g/mol. The molecule has 0 aromatic rings. The number of carbonyl (C=O) groups excluding carboxylic acids is 1. The molecule has 1 rings (SSSR count). The maximum atomic E-state index is 12.2. The van der Waals surface area contributed by atoms with Gasteiger partial charge in [0.1, 0.15) is 6.04 Å². The zero-order valence-electron chi connectivity index (χ0n) is 10.8. The van der Waals surface area contributed by atoms with Gasteiger partial charge >= 0.3 is 5.97 Å². The number of amides is 1. The number of morpholine rings is 1. The number of carbonyl (C=O) groups is 2. The molecule has 1 amide bonds. The van der Waals surface area contributed by atoms with Gasteiger partial charge in [-0.25, -0.2) is 8.42 Å². The summed E-state index contributed by atoms with van der Waals surface area (Å²) in [6, 6.07) is -1.01. The molecule has 8 nitrogen and oxygen atoms in total. The smallest absolute Gasteiger partial charge is 0.323 e. The van der Waals surface area contributed by atoms with E-state index in [0.29, 0.717) is 6.54 Å². The molecule has 110 valence electrons. The Labute approximate surface area is 111 Å². The van der Waals surface area contributed by atoms with Crippen molar-refractivity contribution < 1.29 is 27.9 Å². The lowest BCUT2D eigenvalue weighted by Gasteiger charge is -2.34. The molecular weight excluding hydrogens is 276 g/mol. The standard InChI is InChI=1S/C10H18N2O6S/c1-3-11-9(13)8-6-18-5-4-12(8)19(16,17)7(2)10(14)15/h7-8H,3-6H2,1-2H3,(H,11,13)(H,14,15). The Morgan fingerprint density at radius 2 is 2.16 bits per heavy atom. The zero-order chi connectivity index (χ0) is 14.6. The molecule has 1 saturated heterocycles. The van der Waals surface area contributed by atoms with Crippen LogP contribution < -0.4 is 5.32 Å². The third-order valence-electron chi connectivity index (χ3n) is 2.85. The maximum absolute atomic E-state index is 12.2. The lowest BCUT2D eigenvalue weighted by Crippen LogP contribution is -2.58. The summed E-state index contributed by atoms with van der Waals surface area (Å²) >= 11 is 0. The molecule has 19 heavy (non-hydrogen) atoms. The number of ether oxygens (including phenoxy) is 1. The fraction of sp³-hybridized carbons (Fsp3) is 0.800. The molecule has 0 saturated carbocycles. The molecule has 0 bridgehead atoms. The Balaban J connectivity index is 3.00. The second-order valence-electron chi connectivity index (χ2n) is 4.12. The molecule has 1 fully saturated rings. The van der Waals surface area contributed by atoms with Crippen LogP contribution in [0.1, 0.15) is 13.8 Å². The van der Waals surface area contributed by atoms with E-state index in [4.69, 9.17) is 9.84 Å². The van der Waals surface area contributed by atoms with Crippen molar-refractivity contribution in [1.29, 1.82) is 0 Å². The number of sulfonamides is 1. The number of hydrogen-bond acceptors (Lipinski definition) is 5. The largest absolute Gasteiger partial charge is 0.480 e. The van der Waals surface area contributed by atoms with Gasteiger partial charge < -0.3 is 15.2 Å². The molecule has 0 aromatic carbocycles. The van der Waals surface area contributed by atoms with Crippen LogP contribution in [0, 0.1) is 0 Å². The summed E-state index contributed by atoms with van der Waals surface area (Å²) in [5.41, 5.74) is 0. The summed E-state index contributed by atoms with van der Waals surface area (Å²) in [5, 5.41) is 9.76. The van der Waals surface area contributed by atoms with Gasteiger partial charge in [0.15, 0.2) is 5.25 Å². The van der Waals surface area contributed by atoms with E-state index in [0.717, 1.165) is 11.2 Å². The van der Waals surface area contributed by atoms with Gasteiger partial charge in [-0.1, -0.05) is 0 Å². The van der Waals surface area contributed by atoms with Gasteiger partial charge in [-0.3, -0.25) is 9.59 Å². The monoisotopic (exact) mass is 294 g/mol. The Hall–Kier alpha value is -1.19. The van der Waals surface area contributed by atoms with E-state index in [1.54, 1.807) is 6.92 Å². The van der Waals surface area contributed by atoms with Crippen LogP contribution in [0.25, 0.3) is 0 Å². The third kappa shape index (κ3) is 3.43. The Bertz CT molecular complexity index is 449. The molecule has 9 heteroatoms. The number of nitrogens with one attached hydrogen (secondary N) is 1. The molecule has 1 aliphatic heterocycles. The van der Waals surface area contributed by atoms with Crippen LogP contribution in [0.3, 0.4) is 0 Å². The predicted molar refractivity (Wildman–Crippen MR) is 66.0 cm³/mol. The van der Waals surface area contributed by atoms with E-state index in [9.17, 15) is 18.0 Å². The van der Waals surface area contributed by atoms with Crippen molar-refractivity contribution in [2.45, 2.75) is 25.1 Å². The maximum Gasteiger partial charge on any atom is 0.323 e. The molecule has 0 aliphatic carbocycles. The molecule has 2 N–H and O–H groups in total. The van der Waals surface area contributed by atoms with Crippen LogP contribution in [0.4, 0.5) is 0 Å². The van der Waals surface area contributed by atoms with Gasteiger partial charge in [0.25, 0.3) is 0 Å². The first-order valence-electron chi connectivity index (χ1n) is 5.91. The van der Waals surface area contributed by atoms with E-state index in [2.05, 4.69) is 5.32 Å². The van der Waals surface area contributed by atoms with E-state index in [-0.39, 0.29) is 19.8 Å². The summed E-state index contributed by atoms with van der Waals surface area (Å²) in [4.78, 5) is 22.7. The van der Waals surface area contributed by atoms with Gasteiger partial charge in [-0.2, -0.15) is 4.31 Å². The first-order chi connectivity index (χ1) is 8.82. The minimum absolute atomic E-state index is 0.0260. The fourth-order valence-corrected chi connectivity index (χ4v) is 3.22. The predicted octanol–water partition coefficient (Wildman–Crippen LogP) is -1.37. The van der Waals surface area contributed by atoms with Crippen molar-refractivity contribution in [1.82, 2.24) is 9.62 Å². The van der Waals surface area contributed by atoms with Crippen LogP contribution in [0.5, 0.6) is 0 Å². The van der Waals surface area contributed by atoms with Gasteiger partial charge in [-0.05, 0) is 13.8 Å². The number of rotatable bonds is 5. The summed E-state index contributed by atoms with van der Waals surface area (Å²) in [6.45, 7) is 3.19. The highest BCUT2D eigenvalue weighted by molar-refractivity contribution is 7.90. The Morgan fingerprint density at radius 3 is 2.68 bits per heavy atom. The van der Waals surface area contributed by atoms with Gasteiger partial charge in [0.05, 0.1) is 13.2 Å². The van der Waals surface area contributed by atoms with Gasteiger partial charge in [0.2, 0.25) is 15.9 Å². The summed E-state index contributed by atoms with van der Waals surface area (Å²) in [7, 11) is -4.08. The minimum Gasteiger partial charge on any atom is -0.480 e. The second-order valence-corrected chi connectivity index (χ2v) is 6.33. The number of carboxylic acids is 1. The molecule has 0 radical (unpaired) electrons. The topological polar surface area (TPSA) is 113 Å². The van der Waals surface area contributed by atoms with E-state index >= 15 is 0 Å². The summed E-state index contributed by atoms with van der Waals surface area (Å²) < 4.78 is 30.3. The number of carboxylic acid groups (broad SMARTS) is 1. The van der Waals surface area contributed by atoms with E-state index < -0.39 is 33.2 Å². The van der Waals surface area contributed by atoms with Crippen LogP contribution >= 0.6 is 0 Å². The van der Waals surface area contributed by atoms with E-state index in [1.807, 2.05) is 0 Å². The second kappa shape index (κ2) is 6.31. The SMILES string of the molecule is CCNC(=O)C1COCCN1S(=O)(=O)C(C)C(=O)O. The van der Waals surface area contributed by atoms with Gasteiger partial charge in [-0.15, -0.1) is 0 Å². The minimum atomic E-state index is -4.08. The lowest BCUT2D eigenvalue weighted by atomic mass is 10.2. The number of likely N-dealkylation sites (N-methyl/N-ethyl adjacent to an activating group) is 1. The van der Waals surface area contributed by atoms with Crippen LogP contribution in [-0.2, 0) is 24.3 Å². The normalized spacial score (nSPS) is 22.7. The highest BCUT2D eigenvalue weighted by Crippen LogP contribution is 2.17. The molecule has 0 aromatic heterocycles. The molecule has 0 spiro atoms. The van der Waals surface area contributed by atoms with E-state index in [1.165, 1.54) is 0 Å². The summed E-state index contributed by atoms with van der Waals surface area (Å²) in [6.07, 6.45) is 0. The lowest BCUT2D eigenvalue weighted by molar-refractivity contribution is -0.136. The molecule has 2 unspecified atom stereocenters. The van der Waals surface area contributed by atoms with Crippen LogP contribution in [0.2, 0.25) is 0 Å². The number of aliphatic carboxylic acids is 1. The van der Waals surface area contributed by atoms with Crippen molar-refractivity contribution in [2.24, 2.45) is 0 Å². The van der Waals surface area contributed by atoms with Crippen LogP contribution in [-0.4, -0.2) is 67.3 Å². The van der Waals surface area contributed by atoms with Crippen LogP contribution in [0.15, 0.2) is 0 Å². The van der Waals surface area contributed by atoms with Crippen molar-refractivity contribution in [3.63, 3.8) is 0 Å². The molecule has 1 heterocycles. The van der Waals surface area contributed by atoms with Gasteiger partial charge in [0, 0.05) is 13.1 Å². The number of hydrogen-bond donors (Lipinski definition) is 2. The first kappa shape index (κ1) is 15.9. The summed E-state index contributed by atoms with van der Waals surface area (Å²) in [5.74, 6) is -1.93. The first-order valence-corrected chi connectivity index (χ1v) is 7.41. The highest BCUT2D eigenvalue weighted by Gasteiger charge is 2.42. The quantitative estimate of drug-likeness (QED) is 0.646.